The fourth-order valence-electron chi connectivity index (χ4n) is 2.08. The molecule has 1 aromatic rings. The summed E-state index contributed by atoms with van der Waals surface area (Å²) < 4.78 is 36.2. The van der Waals surface area contributed by atoms with Crippen molar-refractivity contribution < 1.29 is 12.8 Å². The summed E-state index contributed by atoms with van der Waals surface area (Å²) >= 11 is 0. The highest BCUT2D eigenvalue weighted by atomic mass is 32.2. The van der Waals surface area contributed by atoms with Crippen molar-refractivity contribution in [2.24, 2.45) is 0 Å². The quantitative estimate of drug-likeness (QED) is 0.838. The summed E-state index contributed by atoms with van der Waals surface area (Å²) in [5.74, 6) is -0.0900. The highest BCUT2D eigenvalue weighted by Gasteiger charge is 2.15. The van der Waals surface area contributed by atoms with E-state index in [-0.39, 0.29) is 17.6 Å². The van der Waals surface area contributed by atoms with Crippen LogP contribution in [0.15, 0.2) is 18.2 Å². The predicted molar refractivity (Wildman–Crippen MR) is 76.5 cm³/mol. The van der Waals surface area contributed by atoms with Gasteiger partial charge in [-0.25, -0.2) is 12.8 Å². The number of rotatable bonds is 7. The van der Waals surface area contributed by atoms with Crippen LogP contribution in [0.25, 0.3) is 0 Å². The fourth-order valence-corrected chi connectivity index (χ4v) is 2.77. The van der Waals surface area contributed by atoms with Crippen LogP contribution in [-0.2, 0) is 9.84 Å². The number of aryl methyl sites for hydroxylation is 1. The molecule has 1 unspecified atom stereocenters. The second-order valence-electron chi connectivity index (χ2n) is 4.91. The Morgan fingerprint density at radius 2 is 2.05 bits per heavy atom. The average Bonchev–Trinajstić information content (AvgIpc) is 2.26. The second-order valence-corrected chi connectivity index (χ2v) is 7.17. The maximum absolute atomic E-state index is 13.9. The summed E-state index contributed by atoms with van der Waals surface area (Å²) in [6.07, 6.45) is 2.37. The molecule has 0 fully saturated rings. The lowest BCUT2D eigenvalue weighted by Gasteiger charge is -2.19. The Kier molecular flexibility index (Phi) is 5.94. The normalized spacial score (nSPS) is 13.5. The van der Waals surface area contributed by atoms with Crippen molar-refractivity contribution in [2.45, 2.75) is 32.7 Å². The van der Waals surface area contributed by atoms with E-state index in [0.29, 0.717) is 18.4 Å². The van der Waals surface area contributed by atoms with Gasteiger partial charge in [-0.3, -0.25) is 0 Å². The Hall–Kier alpha value is -0.940. The molecular weight excluding hydrogens is 265 g/mol. The lowest BCUT2D eigenvalue weighted by Crippen LogP contribution is -2.22. The molecule has 0 saturated carbocycles. The van der Waals surface area contributed by atoms with Gasteiger partial charge < -0.3 is 5.32 Å². The third-order valence-corrected chi connectivity index (χ3v) is 4.02. The molecule has 0 aliphatic carbocycles. The molecule has 0 aliphatic rings. The van der Waals surface area contributed by atoms with Crippen LogP contribution in [0.5, 0.6) is 0 Å². The molecule has 1 N–H and O–H groups in total. The molecule has 1 rings (SSSR count). The number of nitrogens with one attached hydrogen (secondary N) is 1. The van der Waals surface area contributed by atoms with Crippen LogP contribution < -0.4 is 5.32 Å². The molecule has 0 aliphatic heterocycles. The third kappa shape index (κ3) is 5.70. The number of hydrogen-bond acceptors (Lipinski definition) is 3. The zero-order valence-electron chi connectivity index (χ0n) is 11.7. The standard InChI is InChI=1S/C14H22FNO2S/c1-4-16-14(6-5-9-19(3,17)18)12-8-7-11(2)10-13(12)15/h7-8,10,14,16H,4-6,9H2,1-3H3. The van der Waals surface area contributed by atoms with Crippen LogP contribution in [0.3, 0.4) is 0 Å². The monoisotopic (exact) mass is 287 g/mol. The largest absolute Gasteiger partial charge is 0.310 e. The van der Waals surface area contributed by atoms with Crippen molar-refractivity contribution in [3.05, 3.63) is 35.1 Å². The van der Waals surface area contributed by atoms with E-state index in [4.69, 9.17) is 0 Å². The molecule has 0 heterocycles. The molecule has 0 amide bonds. The zero-order chi connectivity index (χ0) is 14.5. The van der Waals surface area contributed by atoms with Gasteiger partial charge in [0.15, 0.2) is 0 Å². The number of sulfone groups is 1. The average molecular weight is 287 g/mol. The van der Waals surface area contributed by atoms with Gasteiger partial charge in [0.1, 0.15) is 15.7 Å². The maximum atomic E-state index is 13.9. The van der Waals surface area contributed by atoms with E-state index in [1.165, 1.54) is 12.3 Å². The van der Waals surface area contributed by atoms with E-state index < -0.39 is 9.84 Å². The lowest BCUT2D eigenvalue weighted by molar-refractivity contribution is 0.479. The van der Waals surface area contributed by atoms with Crippen LogP contribution >= 0.6 is 0 Å². The van der Waals surface area contributed by atoms with Crippen molar-refractivity contribution in [1.29, 1.82) is 0 Å². The van der Waals surface area contributed by atoms with Crippen molar-refractivity contribution in [1.82, 2.24) is 5.32 Å². The van der Waals surface area contributed by atoms with Gasteiger partial charge in [-0.05, 0) is 37.9 Å². The van der Waals surface area contributed by atoms with Gasteiger partial charge in [-0.15, -0.1) is 0 Å². The molecule has 19 heavy (non-hydrogen) atoms. The van der Waals surface area contributed by atoms with Crippen LogP contribution in [-0.4, -0.2) is 27.0 Å². The highest BCUT2D eigenvalue weighted by Crippen LogP contribution is 2.22. The Bertz CT molecular complexity index is 514. The summed E-state index contributed by atoms with van der Waals surface area (Å²) in [6.45, 7) is 4.52. The van der Waals surface area contributed by atoms with Crippen LogP contribution in [0.2, 0.25) is 0 Å². The van der Waals surface area contributed by atoms with Gasteiger partial charge in [0.25, 0.3) is 0 Å². The summed E-state index contributed by atoms with van der Waals surface area (Å²) in [4.78, 5) is 0. The highest BCUT2D eigenvalue weighted by molar-refractivity contribution is 7.90. The van der Waals surface area contributed by atoms with Crippen LogP contribution in [0, 0.1) is 12.7 Å². The maximum Gasteiger partial charge on any atom is 0.147 e. The van der Waals surface area contributed by atoms with Crippen molar-refractivity contribution in [2.75, 3.05) is 18.6 Å². The molecule has 0 radical (unpaired) electrons. The first kappa shape index (κ1) is 16.1. The van der Waals surface area contributed by atoms with E-state index >= 15 is 0 Å². The molecule has 0 spiro atoms. The second kappa shape index (κ2) is 7.01. The molecule has 0 saturated heterocycles. The minimum absolute atomic E-state index is 0.132. The molecule has 108 valence electrons. The Balaban J connectivity index is 2.76. The Labute approximate surface area is 115 Å². The molecule has 5 heteroatoms. The molecule has 3 nitrogen and oxygen atoms in total. The minimum Gasteiger partial charge on any atom is -0.310 e. The van der Waals surface area contributed by atoms with Gasteiger partial charge >= 0.3 is 0 Å². The van der Waals surface area contributed by atoms with Gasteiger partial charge in [0.2, 0.25) is 0 Å². The van der Waals surface area contributed by atoms with E-state index in [2.05, 4.69) is 5.32 Å². The molecule has 1 aromatic carbocycles. The predicted octanol–water partition coefficient (Wildman–Crippen LogP) is 2.61. The minimum atomic E-state index is -2.96. The lowest BCUT2D eigenvalue weighted by atomic mass is 10.0. The summed E-state index contributed by atoms with van der Waals surface area (Å²) in [7, 11) is -2.96. The van der Waals surface area contributed by atoms with E-state index in [0.717, 1.165) is 12.1 Å². The Morgan fingerprint density at radius 3 is 2.58 bits per heavy atom. The first-order valence-corrected chi connectivity index (χ1v) is 8.56. The van der Waals surface area contributed by atoms with Gasteiger partial charge in [-0.1, -0.05) is 19.1 Å². The smallest absolute Gasteiger partial charge is 0.147 e. The molecule has 0 aromatic heterocycles. The topological polar surface area (TPSA) is 46.2 Å². The van der Waals surface area contributed by atoms with Crippen LogP contribution in [0.1, 0.15) is 36.9 Å². The van der Waals surface area contributed by atoms with E-state index in [1.807, 2.05) is 19.9 Å². The first-order chi connectivity index (χ1) is 8.83. The summed E-state index contributed by atoms with van der Waals surface area (Å²) in [5, 5.41) is 3.21. The molecule has 0 bridgehead atoms. The zero-order valence-corrected chi connectivity index (χ0v) is 12.6. The van der Waals surface area contributed by atoms with Gasteiger partial charge in [0, 0.05) is 23.6 Å². The SMILES string of the molecule is CCNC(CCCS(C)(=O)=O)c1ccc(C)cc1F. The van der Waals surface area contributed by atoms with Crippen LogP contribution in [0.4, 0.5) is 4.39 Å². The van der Waals surface area contributed by atoms with Gasteiger partial charge in [-0.2, -0.15) is 0 Å². The fraction of sp³-hybridized carbons (Fsp3) is 0.571. The number of halogens is 1. The molecule has 1 atom stereocenters. The van der Waals surface area contributed by atoms with Gasteiger partial charge in [0.05, 0.1) is 0 Å². The number of hydrogen-bond donors (Lipinski definition) is 1. The Morgan fingerprint density at radius 1 is 1.37 bits per heavy atom. The van der Waals surface area contributed by atoms with Crippen molar-refractivity contribution in [3.8, 4) is 0 Å². The first-order valence-electron chi connectivity index (χ1n) is 6.50. The third-order valence-electron chi connectivity index (χ3n) is 2.99. The summed E-state index contributed by atoms with van der Waals surface area (Å²) in [5.41, 5.74) is 1.49. The van der Waals surface area contributed by atoms with E-state index in [1.54, 1.807) is 6.07 Å². The van der Waals surface area contributed by atoms with Crippen molar-refractivity contribution >= 4 is 9.84 Å². The van der Waals surface area contributed by atoms with Crippen molar-refractivity contribution in [3.63, 3.8) is 0 Å². The number of benzene rings is 1. The van der Waals surface area contributed by atoms with E-state index in [9.17, 15) is 12.8 Å². The molecular formula is C14H22FNO2S. The summed E-state index contributed by atoms with van der Waals surface area (Å²) in [6, 6.07) is 5.03.